The molecule has 0 fully saturated rings. The van der Waals surface area contributed by atoms with Crippen molar-refractivity contribution < 1.29 is 23.8 Å². The van der Waals surface area contributed by atoms with Crippen molar-refractivity contribution >= 4 is 22.7 Å². The van der Waals surface area contributed by atoms with E-state index in [1.54, 1.807) is 12.3 Å². The minimum absolute atomic E-state index is 0.197. The summed E-state index contributed by atoms with van der Waals surface area (Å²) >= 11 is 0. The average Bonchev–Trinajstić information content (AvgIpc) is 2.79. The Labute approximate surface area is 122 Å². The van der Waals surface area contributed by atoms with E-state index in [4.69, 9.17) is 14.2 Å². The number of carbonyl (C=O) groups excluding carboxylic acids is 2. The summed E-state index contributed by atoms with van der Waals surface area (Å²) < 4.78 is 17.8. The number of hydrogen-bond acceptors (Lipinski definition) is 5. The van der Waals surface area contributed by atoms with Gasteiger partial charge in [-0.2, -0.15) is 0 Å². The van der Waals surface area contributed by atoms with Crippen molar-refractivity contribution in [3.8, 4) is 17.2 Å². The molecule has 0 saturated heterocycles. The Balaban J connectivity index is 3.00. The molecule has 0 spiro atoms. The molecule has 0 aliphatic heterocycles. The van der Waals surface area contributed by atoms with Gasteiger partial charge in [-0.15, -0.1) is 0 Å². The molecule has 6 heteroatoms. The maximum absolute atomic E-state index is 12.0. The van der Waals surface area contributed by atoms with Gasteiger partial charge in [0, 0.05) is 25.6 Å². The number of ether oxygens (including phenoxy) is 3. The van der Waals surface area contributed by atoms with Crippen molar-refractivity contribution in [2.75, 3.05) is 14.2 Å². The highest BCUT2D eigenvalue weighted by Crippen LogP contribution is 2.46. The van der Waals surface area contributed by atoms with Gasteiger partial charge in [-0.25, -0.2) is 0 Å². The first-order valence-electron chi connectivity index (χ1n) is 6.34. The third kappa shape index (κ3) is 2.33. The van der Waals surface area contributed by atoms with Gasteiger partial charge in [-0.3, -0.25) is 9.59 Å². The second-order valence-electron chi connectivity index (χ2n) is 4.61. The van der Waals surface area contributed by atoms with Crippen LogP contribution in [0.15, 0.2) is 12.3 Å². The lowest BCUT2D eigenvalue weighted by molar-refractivity contribution is -0.131. The molecular formula is C15H17NO5. The van der Waals surface area contributed by atoms with Gasteiger partial charge in [0.1, 0.15) is 5.56 Å². The fraction of sp³-hybridized carbons (Fsp3) is 0.333. The van der Waals surface area contributed by atoms with E-state index >= 15 is 0 Å². The second kappa shape index (κ2) is 5.47. The van der Waals surface area contributed by atoms with Crippen molar-refractivity contribution in [2.24, 2.45) is 7.05 Å². The van der Waals surface area contributed by atoms with Crippen molar-refractivity contribution in [1.29, 1.82) is 0 Å². The third-order valence-corrected chi connectivity index (χ3v) is 3.20. The number of hydrogen-bond donors (Lipinski definition) is 0. The SMILES string of the molecule is COc1c(C(C)=O)c(OC(C)=O)c2ccn(C)c2c1OC. The molecule has 21 heavy (non-hydrogen) atoms. The lowest BCUT2D eigenvalue weighted by Gasteiger charge is -2.17. The molecule has 0 atom stereocenters. The third-order valence-electron chi connectivity index (χ3n) is 3.20. The highest BCUT2D eigenvalue weighted by atomic mass is 16.5. The molecule has 0 saturated carbocycles. The molecule has 0 bridgehead atoms. The van der Waals surface area contributed by atoms with E-state index in [1.165, 1.54) is 28.1 Å². The quantitative estimate of drug-likeness (QED) is 0.491. The molecule has 0 amide bonds. The molecule has 0 N–H and O–H groups in total. The van der Waals surface area contributed by atoms with Gasteiger partial charge in [0.15, 0.2) is 23.0 Å². The van der Waals surface area contributed by atoms with Crippen LogP contribution in [0.3, 0.4) is 0 Å². The van der Waals surface area contributed by atoms with Gasteiger partial charge in [0.2, 0.25) is 0 Å². The van der Waals surface area contributed by atoms with Gasteiger partial charge in [-0.05, 0) is 13.0 Å². The van der Waals surface area contributed by atoms with Crippen LogP contribution in [0.1, 0.15) is 24.2 Å². The summed E-state index contributed by atoms with van der Waals surface area (Å²) in [7, 11) is 4.77. The summed E-state index contributed by atoms with van der Waals surface area (Å²) in [6, 6.07) is 1.77. The number of benzene rings is 1. The molecule has 0 unspecified atom stereocenters. The van der Waals surface area contributed by atoms with Crippen LogP contribution in [0.25, 0.3) is 10.9 Å². The number of esters is 1. The summed E-state index contributed by atoms with van der Waals surface area (Å²) in [6.45, 7) is 2.68. The number of aryl methyl sites for hydroxylation is 1. The number of carbonyl (C=O) groups is 2. The van der Waals surface area contributed by atoms with Crippen LogP contribution in [0.2, 0.25) is 0 Å². The van der Waals surface area contributed by atoms with E-state index < -0.39 is 5.97 Å². The fourth-order valence-corrected chi connectivity index (χ4v) is 2.41. The van der Waals surface area contributed by atoms with Crippen molar-refractivity contribution in [3.63, 3.8) is 0 Å². The van der Waals surface area contributed by atoms with Crippen LogP contribution in [-0.2, 0) is 11.8 Å². The normalized spacial score (nSPS) is 10.5. The molecule has 0 radical (unpaired) electrons. The Morgan fingerprint density at radius 1 is 1.05 bits per heavy atom. The number of Topliss-reactive ketones (excluding diaryl/α,β-unsaturated/α-hetero) is 1. The summed E-state index contributed by atoms with van der Waals surface area (Å²) in [5, 5.41) is 0.621. The van der Waals surface area contributed by atoms with E-state index in [0.717, 1.165) is 0 Å². The van der Waals surface area contributed by atoms with Crippen molar-refractivity contribution in [2.45, 2.75) is 13.8 Å². The Morgan fingerprint density at radius 3 is 2.14 bits per heavy atom. The van der Waals surface area contributed by atoms with E-state index in [0.29, 0.717) is 16.7 Å². The van der Waals surface area contributed by atoms with Gasteiger partial charge in [0.05, 0.1) is 19.7 Å². The molecule has 1 aromatic carbocycles. The van der Waals surface area contributed by atoms with Crippen LogP contribution < -0.4 is 14.2 Å². The van der Waals surface area contributed by atoms with E-state index in [2.05, 4.69) is 0 Å². The van der Waals surface area contributed by atoms with Crippen LogP contribution in [0, 0.1) is 0 Å². The monoisotopic (exact) mass is 291 g/mol. The topological polar surface area (TPSA) is 66.8 Å². The van der Waals surface area contributed by atoms with Gasteiger partial charge >= 0.3 is 5.97 Å². The van der Waals surface area contributed by atoms with Crippen LogP contribution in [0.5, 0.6) is 17.2 Å². The van der Waals surface area contributed by atoms with Crippen molar-refractivity contribution in [1.82, 2.24) is 4.57 Å². The minimum atomic E-state index is -0.505. The van der Waals surface area contributed by atoms with Gasteiger partial charge in [-0.1, -0.05) is 0 Å². The Kier molecular flexibility index (Phi) is 3.88. The number of nitrogens with zero attached hydrogens (tertiary/aromatic N) is 1. The summed E-state index contributed by atoms with van der Waals surface area (Å²) in [6.07, 6.45) is 1.80. The van der Waals surface area contributed by atoms with Gasteiger partial charge < -0.3 is 18.8 Å². The average molecular weight is 291 g/mol. The Hall–Kier alpha value is -2.50. The maximum atomic E-state index is 12.0. The standard InChI is InChI=1S/C15H17NO5/c1-8(17)11-13(21-9(2)18)10-6-7-16(3)12(10)15(20-5)14(11)19-4/h6-7H,1-5H3. The number of fused-ring (bicyclic) bond motifs is 1. The predicted molar refractivity (Wildman–Crippen MR) is 77.3 cm³/mol. The first-order valence-corrected chi connectivity index (χ1v) is 6.34. The molecule has 0 aliphatic carbocycles. The van der Waals surface area contributed by atoms with E-state index in [9.17, 15) is 9.59 Å². The van der Waals surface area contributed by atoms with Crippen LogP contribution in [0.4, 0.5) is 0 Å². The first kappa shape index (κ1) is 14.9. The lowest BCUT2D eigenvalue weighted by atomic mass is 10.0. The molecule has 2 rings (SSSR count). The van der Waals surface area contributed by atoms with Crippen LogP contribution in [-0.4, -0.2) is 30.5 Å². The molecule has 2 aromatic rings. The number of methoxy groups -OCH3 is 2. The zero-order valence-corrected chi connectivity index (χ0v) is 12.6. The fourth-order valence-electron chi connectivity index (χ4n) is 2.41. The molecule has 6 nitrogen and oxygen atoms in total. The predicted octanol–water partition coefficient (Wildman–Crippen LogP) is 2.32. The van der Waals surface area contributed by atoms with E-state index in [1.807, 2.05) is 11.6 Å². The lowest BCUT2D eigenvalue weighted by Crippen LogP contribution is -2.09. The first-order chi connectivity index (χ1) is 9.92. The Bertz CT molecular complexity index is 729. The van der Waals surface area contributed by atoms with E-state index in [-0.39, 0.29) is 22.8 Å². The summed E-state index contributed by atoms with van der Waals surface area (Å²) in [5.41, 5.74) is 0.888. The number of ketones is 1. The zero-order chi connectivity index (χ0) is 15.7. The molecular weight excluding hydrogens is 274 g/mol. The minimum Gasteiger partial charge on any atom is -0.492 e. The molecule has 1 aromatic heterocycles. The highest BCUT2D eigenvalue weighted by molar-refractivity contribution is 6.09. The highest BCUT2D eigenvalue weighted by Gasteiger charge is 2.27. The number of aromatic nitrogens is 1. The van der Waals surface area contributed by atoms with Gasteiger partial charge in [0.25, 0.3) is 0 Å². The smallest absolute Gasteiger partial charge is 0.308 e. The molecule has 1 heterocycles. The summed E-state index contributed by atoms with van der Waals surface area (Å²) in [5.74, 6) is 0.113. The van der Waals surface area contributed by atoms with Crippen molar-refractivity contribution in [3.05, 3.63) is 17.8 Å². The number of rotatable bonds is 4. The summed E-state index contributed by atoms with van der Waals surface area (Å²) in [4.78, 5) is 23.4. The molecule has 112 valence electrons. The largest absolute Gasteiger partial charge is 0.492 e. The second-order valence-corrected chi connectivity index (χ2v) is 4.61. The molecule has 0 aliphatic rings. The van der Waals surface area contributed by atoms with Crippen LogP contribution >= 0.6 is 0 Å². The zero-order valence-electron chi connectivity index (χ0n) is 12.6. The Morgan fingerprint density at radius 2 is 1.67 bits per heavy atom. The maximum Gasteiger partial charge on any atom is 0.308 e.